The molecule has 1 aliphatic rings. The lowest BCUT2D eigenvalue weighted by Gasteiger charge is -2.36. The van der Waals surface area contributed by atoms with Gasteiger partial charge in [0.05, 0.1) is 0 Å². The van der Waals surface area contributed by atoms with Crippen molar-refractivity contribution in [3.8, 4) is 0 Å². The number of nitrogens with zero attached hydrogens (tertiary/aromatic N) is 1. The Kier molecular flexibility index (Phi) is 5.95. The standard InChI is InChI=1S/C13H15F5N2.ClH/c1-8-2-3-9(11(15)10(8)14)12(13(16,17)18)20-6-4-19-5-7-20;/h2-3,12,19H,4-7H2,1H3;1H/t12-;/m0./s1. The van der Waals surface area contributed by atoms with Crippen LogP contribution in [0.3, 0.4) is 0 Å². The van der Waals surface area contributed by atoms with Gasteiger partial charge in [0.1, 0.15) is 6.04 Å². The van der Waals surface area contributed by atoms with Crippen molar-refractivity contribution in [1.29, 1.82) is 0 Å². The molecule has 0 radical (unpaired) electrons. The van der Waals surface area contributed by atoms with Gasteiger partial charge in [-0.3, -0.25) is 4.90 Å². The number of halogens is 6. The molecule has 1 N–H and O–H groups in total. The molecule has 0 aliphatic carbocycles. The second kappa shape index (κ2) is 6.89. The number of piperazine rings is 1. The van der Waals surface area contributed by atoms with Gasteiger partial charge in [-0.2, -0.15) is 13.2 Å². The maximum absolute atomic E-state index is 13.9. The van der Waals surface area contributed by atoms with Crippen molar-refractivity contribution in [3.05, 3.63) is 34.9 Å². The van der Waals surface area contributed by atoms with E-state index < -0.39 is 29.4 Å². The van der Waals surface area contributed by atoms with Crippen molar-refractivity contribution < 1.29 is 22.0 Å². The van der Waals surface area contributed by atoms with Gasteiger partial charge in [-0.15, -0.1) is 12.4 Å². The summed E-state index contributed by atoms with van der Waals surface area (Å²) in [6.45, 7) is 2.37. The van der Waals surface area contributed by atoms with Crippen LogP contribution in [0.2, 0.25) is 0 Å². The van der Waals surface area contributed by atoms with E-state index in [4.69, 9.17) is 0 Å². The lowest BCUT2D eigenvalue weighted by Crippen LogP contribution is -2.49. The van der Waals surface area contributed by atoms with Crippen molar-refractivity contribution in [2.45, 2.75) is 19.1 Å². The van der Waals surface area contributed by atoms with Gasteiger partial charge in [-0.25, -0.2) is 8.78 Å². The maximum atomic E-state index is 13.9. The number of rotatable bonds is 2. The highest BCUT2D eigenvalue weighted by Gasteiger charge is 2.46. The van der Waals surface area contributed by atoms with Crippen molar-refractivity contribution >= 4 is 12.4 Å². The number of aryl methyl sites for hydroxylation is 1. The molecule has 1 aromatic rings. The molecule has 0 spiro atoms. The Bertz CT molecular complexity index is 486. The summed E-state index contributed by atoms with van der Waals surface area (Å²) in [5, 5.41) is 2.93. The highest BCUT2D eigenvalue weighted by molar-refractivity contribution is 5.85. The summed E-state index contributed by atoms with van der Waals surface area (Å²) in [6, 6.07) is 0.0857. The zero-order valence-electron chi connectivity index (χ0n) is 11.3. The molecule has 1 aliphatic heterocycles. The van der Waals surface area contributed by atoms with E-state index in [-0.39, 0.29) is 31.1 Å². The average molecular weight is 331 g/mol. The Morgan fingerprint density at radius 1 is 1.10 bits per heavy atom. The Hall–Kier alpha value is -0.920. The zero-order chi connectivity index (χ0) is 14.9. The van der Waals surface area contributed by atoms with Crippen LogP contribution in [0.5, 0.6) is 0 Å². The smallest absolute Gasteiger partial charge is 0.314 e. The second-order valence-electron chi connectivity index (χ2n) is 4.83. The number of hydrogen-bond acceptors (Lipinski definition) is 2. The molecular formula is C13H16ClF5N2. The molecule has 2 rings (SSSR count). The molecule has 1 fully saturated rings. The average Bonchev–Trinajstić information content (AvgIpc) is 2.39. The topological polar surface area (TPSA) is 15.3 Å². The third-order valence-corrected chi connectivity index (χ3v) is 3.43. The van der Waals surface area contributed by atoms with Gasteiger partial charge in [0, 0.05) is 31.7 Å². The Balaban J connectivity index is 0.00000220. The first-order valence-corrected chi connectivity index (χ1v) is 6.28. The Labute approximate surface area is 125 Å². The first kappa shape index (κ1) is 18.1. The Morgan fingerprint density at radius 3 is 2.19 bits per heavy atom. The first-order valence-electron chi connectivity index (χ1n) is 6.28. The molecule has 0 unspecified atom stereocenters. The van der Waals surface area contributed by atoms with E-state index in [9.17, 15) is 22.0 Å². The molecule has 8 heteroatoms. The van der Waals surface area contributed by atoms with E-state index >= 15 is 0 Å². The van der Waals surface area contributed by atoms with E-state index in [1.54, 1.807) is 0 Å². The molecule has 1 saturated heterocycles. The van der Waals surface area contributed by atoms with E-state index in [0.717, 1.165) is 11.0 Å². The van der Waals surface area contributed by atoms with E-state index in [1.807, 2.05) is 0 Å². The molecule has 120 valence electrons. The highest BCUT2D eigenvalue weighted by Crippen LogP contribution is 2.39. The fourth-order valence-electron chi connectivity index (χ4n) is 2.39. The van der Waals surface area contributed by atoms with Crippen molar-refractivity contribution in [2.24, 2.45) is 0 Å². The van der Waals surface area contributed by atoms with Crippen LogP contribution in [0.1, 0.15) is 17.2 Å². The lowest BCUT2D eigenvalue weighted by atomic mass is 10.0. The van der Waals surface area contributed by atoms with E-state index in [2.05, 4.69) is 5.32 Å². The number of alkyl halides is 3. The van der Waals surface area contributed by atoms with Crippen molar-refractivity contribution in [1.82, 2.24) is 10.2 Å². The molecule has 0 bridgehead atoms. The normalized spacial score (nSPS) is 18.2. The summed E-state index contributed by atoms with van der Waals surface area (Å²) in [5.74, 6) is -2.63. The summed E-state index contributed by atoms with van der Waals surface area (Å²) < 4.78 is 67.2. The lowest BCUT2D eigenvalue weighted by molar-refractivity contribution is -0.188. The molecule has 1 atom stereocenters. The van der Waals surface area contributed by atoms with Crippen molar-refractivity contribution in [3.63, 3.8) is 0 Å². The third kappa shape index (κ3) is 3.84. The highest BCUT2D eigenvalue weighted by atomic mass is 35.5. The van der Waals surface area contributed by atoms with Gasteiger partial charge in [0.15, 0.2) is 11.6 Å². The van der Waals surface area contributed by atoms with Gasteiger partial charge < -0.3 is 5.32 Å². The quantitative estimate of drug-likeness (QED) is 0.838. The third-order valence-electron chi connectivity index (χ3n) is 3.43. The number of nitrogens with one attached hydrogen (secondary N) is 1. The fraction of sp³-hybridized carbons (Fsp3) is 0.538. The molecule has 0 aromatic heterocycles. The number of benzene rings is 1. The molecule has 1 heterocycles. The van der Waals surface area contributed by atoms with Crippen LogP contribution in [0.15, 0.2) is 12.1 Å². The summed E-state index contributed by atoms with van der Waals surface area (Å²) in [5.41, 5.74) is -0.657. The summed E-state index contributed by atoms with van der Waals surface area (Å²) in [6.07, 6.45) is -4.65. The van der Waals surface area contributed by atoms with Gasteiger partial charge in [-0.1, -0.05) is 12.1 Å². The minimum Gasteiger partial charge on any atom is -0.314 e. The van der Waals surface area contributed by atoms with Crippen LogP contribution < -0.4 is 5.32 Å². The van der Waals surface area contributed by atoms with Crippen LogP contribution >= 0.6 is 12.4 Å². The molecule has 2 nitrogen and oxygen atoms in total. The Morgan fingerprint density at radius 2 is 1.67 bits per heavy atom. The van der Waals surface area contributed by atoms with Crippen LogP contribution in [0.4, 0.5) is 22.0 Å². The van der Waals surface area contributed by atoms with Crippen LogP contribution in [-0.4, -0.2) is 37.3 Å². The minimum atomic E-state index is -4.65. The fourth-order valence-corrected chi connectivity index (χ4v) is 2.39. The zero-order valence-corrected chi connectivity index (χ0v) is 12.1. The van der Waals surface area contributed by atoms with Crippen LogP contribution in [0, 0.1) is 18.6 Å². The van der Waals surface area contributed by atoms with Crippen molar-refractivity contribution in [2.75, 3.05) is 26.2 Å². The first-order chi connectivity index (χ1) is 9.32. The van der Waals surface area contributed by atoms with Gasteiger partial charge in [0.2, 0.25) is 0 Å². The monoisotopic (exact) mass is 330 g/mol. The van der Waals surface area contributed by atoms with E-state index in [1.165, 1.54) is 13.0 Å². The summed E-state index contributed by atoms with van der Waals surface area (Å²) in [4.78, 5) is 1.13. The summed E-state index contributed by atoms with van der Waals surface area (Å²) in [7, 11) is 0. The van der Waals surface area contributed by atoms with Gasteiger partial charge >= 0.3 is 6.18 Å². The predicted molar refractivity (Wildman–Crippen MR) is 71.6 cm³/mol. The summed E-state index contributed by atoms with van der Waals surface area (Å²) >= 11 is 0. The molecule has 21 heavy (non-hydrogen) atoms. The molecule has 0 saturated carbocycles. The van der Waals surface area contributed by atoms with Crippen LogP contribution in [-0.2, 0) is 0 Å². The molecular weight excluding hydrogens is 315 g/mol. The maximum Gasteiger partial charge on any atom is 0.408 e. The molecule has 0 amide bonds. The van der Waals surface area contributed by atoms with Crippen LogP contribution in [0.25, 0.3) is 0 Å². The SMILES string of the molecule is Cc1ccc([C@H](N2CCNCC2)C(F)(F)F)c(F)c1F.Cl. The number of hydrogen-bond donors (Lipinski definition) is 1. The van der Waals surface area contributed by atoms with Gasteiger partial charge in [0.25, 0.3) is 0 Å². The predicted octanol–water partition coefficient (Wildman–Crippen LogP) is 3.20. The minimum absolute atomic E-state index is 0. The molecule has 1 aromatic carbocycles. The van der Waals surface area contributed by atoms with E-state index in [0.29, 0.717) is 13.1 Å². The second-order valence-corrected chi connectivity index (χ2v) is 4.83. The van der Waals surface area contributed by atoms with Gasteiger partial charge in [-0.05, 0) is 12.5 Å². The largest absolute Gasteiger partial charge is 0.408 e.